The minimum atomic E-state index is -3.55. The lowest BCUT2D eigenvalue weighted by Gasteiger charge is -2.60. The van der Waals surface area contributed by atoms with Crippen LogP contribution in [0.15, 0.2) is 53.4 Å². The third-order valence-electron chi connectivity index (χ3n) is 8.25. The van der Waals surface area contributed by atoms with E-state index in [0.29, 0.717) is 36.2 Å². The molecule has 2 aromatic carbocycles. The molecular weight excluding hydrogens is 448 g/mol. The zero-order valence-electron chi connectivity index (χ0n) is 20.0. The van der Waals surface area contributed by atoms with Crippen LogP contribution in [0.1, 0.15) is 68.3 Å². The number of aliphatic hydroxyl groups is 1. The van der Waals surface area contributed by atoms with Crippen molar-refractivity contribution in [1.29, 1.82) is 0 Å². The largest absolute Gasteiger partial charge is 0.390 e. The third-order valence-corrected chi connectivity index (χ3v) is 10.3. The highest BCUT2D eigenvalue weighted by Gasteiger charge is 2.57. The number of benzene rings is 2. The highest BCUT2D eigenvalue weighted by Crippen LogP contribution is 2.62. The summed E-state index contributed by atoms with van der Waals surface area (Å²) < 4.78 is 26.7. The van der Waals surface area contributed by atoms with Crippen LogP contribution < -0.4 is 5.32 Å². The molecular formula is C27H34N2O4S. The SMILES string of the molecule is CCN(CC)S(=O)(=O)c1ccc(C(=O)Nc2ccc(C34C[C@@H]5C[C@@H](CC(O)(C5)C3)C4)cc2)cc1. The number of anilines is 1. The van der Waals surface area contributed by atoms with E-state index >= 15 is 0 Å². The Morgan fingerprint density at radius 2 is 1.56 bits per heavy atom. The van der Waals surface area contributed by atoms with Crippen LogP contribution in [-0.4, -0.2) is 42.4 Å². The van der Waals surface area contributed by atoms with Gasteiger partial charge in [0.2, 0.25) is 10.0 Å². The smallest absolute Gasteiger partial charge is 0.255 e. The maximum absolute atomic E-state index is 12.8. The molecule has 4 atom stereocenters. The van der Waals surface area contributed by atoms with Crippen molar-refractivity contribution in [3.05, 3.63) is 59.7 Å². The molecule has 4 fully saturated rings. The van der Waals surface area contributed by atoms with E-state index in [1.807, 2.05) is 12.1 Å². The van der Waals surface area contributed by atoms with Gasteiger partial charge in [0.15, 0.2) is 0 Å². The van der Waals surface area contributed by atoms with Gasteiger partial charge in [-0.1, -0.05) is 26.0 Å². The summed E-state index contributed by atoms with van der Waals surface area (Å²) in [5.74, 6) is 0.974. The molecule has 0 heterocycles. The van der Waals surface area contributed by atoms with Crippen LogP contribution in [0.2, 0.25) is 0 Å². The molecule has 34 heavy (non-hydrogen) atoms. The Morgan fingerprint density at radius 1 is 0.971 bits per heavy atom. The van der Waals surface area contributed by atoms with Crippen molar-refractivity contribution in [3.8, 4) is 0 Å². The summed E-state index contributed by atoms with van der Waals surface area (Å²) in [5.41, 5.74) is 1.95. The molecule has 0 saturated heterocycles. The predicted molar refractivity (Wildman–Crippen MR) is 132 cm³/mol. The molecule has 0 radical (unpaired) electrons. The van der Waals surface area contributed by atoms with Crippen LogP contribution >= 0.6 is 0 Å². The fourth-order valence-electron chi connectivity index (χ4n) is 7.15. The van der Waals surface area contributed by atoms with Gasteiger partial charge in [0.1, 0.15) is 0 Å². The van der Waals surface area contributed by atoms with E-state index in [1.54, 1.807) is 26.0 Å². The molecule has 7 heteroatoms. The second-order valence-electron chi connectivity index (χ2n) is 10.6. The summed E-state index contributed by atoms with van der Waals surface area (Å²) in [5, 5.41) is 14.0. The van der Waals surface area contributed by atoms with E-state index in [9.17, 15) is 18.3 Å². The monoisotopic (exact) mass is 482 g/mol. The Labute approximate surface area is 202 Å². The number of amides is 1. The van der Waals surface area contributed by atoms with Gasteiger partial charge in [-0.05, 0) is 97.7 Å². The fourth-order valence-corrected chi connectivity index (χ4v) is 8.61. The van der Waals surface area contributed by atoms with E-state index in [1.165, 1.54) is 28.4 Å². The molecule has 0 aliphatic heterocycles. The molecule has 4 aliphatic rings. The van der Waals surface area contributed by atoms with Gasteiger partial charge in [-0.2, -0.15) is 4.31 Å². The zero-order chi connectivity index (χ0) is 24.1. The number of carbonyl (C=O) groups is 1. The van der Waals surface area contributed by atoms with Crippen LogP contribution in [0, 0.1) is 11.8 Å². The van der Waals surface area contributed by atoms with Gasteiger partial charge in [-0.3, -0.25) is 4.79 Å². The van der Waals surface area contributed by atoms with Gasteiger partial charge in [0.05, 0.1) is 10.5 Å². The Bertz CT molecular complexity index is 1160. The van der Waals surface area contributed by atoms with Crippen molar-refractivity contribution in [1.82, 2.24) is 4.31 Å². The first-order valence-electron chi connectivity index (χ1n) is 12.4. The van der Waals surface area contributed by atoms with E-state index in [4.69, 9.17) is 0 Å². The summed E-state index contributed by atoms with van der Waals surface area (Å²) in [7, 11) is -3.55. The third kappa shape index (κ3) is 4.08. The Hall–Kier alpha value is -2.22. The lowest BCUT2D eigenvalue weighted by molar-refractivity contribution is -0.136. The van der Waals surface area contributed by atoms with Crippen molar-refractivity contribution < 1.29 is 18.3 Å². The standard InChI is InChI=1S/C27H34N2O4S/c1-3-29(4-2)34(32,33)24-11-5-21(6-12-24)25(30)28-23-9-7-22(8-10-23)26-14-19-13-20(15-26)17-27(31,16-19)18-26/h5-12,19-20,31H,3-4,13-18H2,1-2H3,(H,28,30)/t19-,20+,26?,27?. The van der Waals surface area contributed by atoms with Gasteiger partial charge in [0.25, 0.3) is 5.91 Å². The first-order valence-corrected chi connectivity index (χ1v) is 13.8. The first kappa shape index (κ1) is 23.5. The summed E-state index contributed by atoms with van der Waals surface area (Å²) >= 11 is 0. The van der Waals surface area contributed by atoms with Crippen LogP contribution in [0.4, 0.5) is 5.69 Å². The maximum Gasteiger partial charge on any atom is 0.255 e. The molecule has 182 valence electrons. The highest BCUT2D eigenvalue weighted by molar-refractivity contribution is 7.89. The summed E-state index contributed by atoms with van der Waals surface area (Å²) in [6.07, 6.45) is 6.32. The van der Waals surface area contributed by atoms with Crippen molar-refractivity contribution in [3.63, 3.8) is 0 Å². The van der Waals surface area contributed by atoms with E-state index < -0.39 is 15.6 Å². The molecule has 2 aromatic rings. The van der Waals surface area contributed by atoms with Crippen molar-refractivity contribution in [2.45, 2.75) is 68.3 Å². The average molecular weight is 483 g/mol. The molecule has 0 aromatic heterocycles. The molecule has 4 aliphatic carbocycles. The minimum Gasteiger partial charge on any atom is -0.390 e. The first-order chi connectivity index (χ1) is 16.2. The van der Waals surface area contributed by atoms with Crippen molar-refractivity contribution >= 4 is 21.6 Å². The predicted octanol–water partition coefficient (Wildman–Crippen LogP) is 4.55. The second-order valence-corrected chi connectivity index (χ2v) is 12.5. The van der Waals surface area contributed by atoms with Gasteiger partial charge in [-0.15, -0.1) is 0 Å². The van der Waals surface area contributed by atoms with Gasteiger partial charge in [0, 0.05) is 24.3 Å². The molecule has 4 saturated carbocycles. The van der Waals surface area contributed by atoms with E-state index in [0.717, 1.165) is 32.1 Å². The van der Waals surface area contributed by atoms with Crippen LogP contribution in [0.5, 0.6) is 0 Å². The van der Waals surface area contributed by atoms with E-state index in [2.05, 4.69) is 17.4 Å². The number of nitrogens with zero attached hydrogens (tertiary/aromatic N) is 1. The Balaban J connectivity index is 1.28. The Morgan fingerprint density at radius 3 is 2.09 bits per heavy atom. The number of sulfonamides is 1. The fraction of sp³-hybridized carbons (Fsp3) is 0.519. The van der Waals surface area contributed by atoms with Crippen molar-refractivity contribution in [2.75, 3.05) is 18.4 Å². The lowest BCUT2D eigenvalue weighted by Crippen LogP contribution is -2.57. The van der Waals surface area contributed by atoms with Crippen LogP contribution in [-0.2, 0) is 15.4 Å². The quantitative estimate of drug-likeness (QED) is 0.606. The average Bonchev–Trinajstić information content (AvgIpc) is 2.78. The summed E-state index contributed by atoms with van der Waals surface area (Å²) in [6, 6.07) is 14.2. The van der Waals surface area contributed by atoms with Crippen LogP contribution in [0.3, 0.4) is 0 Å². The summed E-state index contributed by atoms with van der Waals surface area (Å²) in [6.45, 7) is 4.41. The molecule has 6 rings (SSSR count). The highest BCUT2D eigenvalue weighted by atomic mass is 32.2. The van der Waals surface area contributed by atoms with Crippen molar-refractivity contribution in [2.24, 2.45) is 11.8 Å². The van der Waals surface area contributed by atoms with Gasteiger partial charge in [-0.25, -0.2) is 8.42 Å². The minimum absolute atomic E-state index is 0.0631. The molecule has 6 nitrogen and oxygen atoms in total. The second kappa shape index (κ2) is 8.47. The number of carbonyl (C=O) groups excluding carboxylic acids is 1. The topological polar surface area (TPSA) is 86.7 Å². The van der Waals surface area contributed by atoms with Gasteiger partial charge >= 0.3 is 0 Å². The number of rotatable bonds is 7. The van der Waals surface area contributed by atoms with E-state index in [-0.39, 0.29) is 16.2 Å². The molecule has 2 unspecified atom stereocenters. The number of nitrogens with one attached hydrogen (secondary N) is 1. The molecule has 2 N–H and O–H groups in total. The van der Waals surface area contributed by atoms with Crippen LogP contribution in [0.25, 0.3) is 0 Å². The normalized spacial score (nSPS) is 30.0. The number of hydrogen-bond acceptors (Lipinski definition) is 4. The zero-order valence-corrected chi connectivity index (χ0v) is 20.8. The van der Waals surface area contributed by atoms with Gasteiger partial charge < -0.3 is 10.4 Å². The number of hydrogen-bond donors (Lipinski definition) is 2. The molecule has 4 bridgehead atoms. The Kier molecular flexibility index (Phi) is 5.86. The molecule has 0 spiro atoms. The summed E-state index contributed by atoms with van der Waals surface area (Å²) in [4.78, 5) is 13.0. The molecule has 1 amide bonds. The lowest BCUT2D eigenvalue weighted by atomic mass is 9.46. The maximum atomic E-state index is 12.8.